The zero-order valence-corrected chi connectivity index (χ0v) is 31.5. The lowest BCUT2D eigenvalue weighted by molar-refractivity contribution is -0.133. The van der Waals surface area contributed by atoms with Crippen LogP contribution >= 0.6 is 0 Å². The molecule has 0 spiro atoms. The maximum Gasteiger partial charge on any atom is 0.343 e. The molecule has 4 fully saturated rings. The van der Waals surface area contributed by atoms with Gasteiger partial charge >= 0.3 is 5.97 Å². The highest BCUT2D eigenvalue weighted by Crippen LogP contribution is 2.58. The Morgan fingerprint density at radius 1 is 1.04 bits per heavy atom. The number of esters is 1. The third-order valence-electron chi connectivity index (χ3n) is 14.5. The van der Waals surface area contributed by atoms with Gasteiger partial charge in [-0.3, -0.25) is 4.90 Å². The van der Waals surface area contributed by atoms with Gasteiger partial charge in [0.05, 0.1) is 18.8 Å². The van der Waals surface area contributed by atoms with Crippen molar-refractivity contribution in [3.8, 4) is 0 Å². The number of methoxy groups -OCH3 is 1. The summed E-state index contributed by atoms with van der Waals surface area (Å²) in [5.74, 6) is 5.62. The minimum absolute atomic E-state index is 0.0121. The number of aliphatic hydroxyl groups is 1. The topological polar surface area (TPSA) is 68.2 Å². The van der Waals surface area contributed by atoms with Crippen molar-refractivity contribution in [3.63, 3.8) is 0 Å². The number of nitrogens with zero attached hydrogens (tertiary/aromatic N) is 1. The quantitative estimate of drug-likeness (QED) is 0.158. The van der Waals surface area contributed by atoms with Gasteiger partial charge in [0.1, 0.15) is 5.76 Å². The largest absolute Gasteiger partial charge is 0.492 e. The number of benzene rings is 1. The summed E-state index contributed by atoms with van der Waals surface area (Å²) in [4.78, 5) is 15.4. The van der Waals surface area contributed by atoms with E-state index in [0.717, 1.165) is 43.9 Å². The van der Waals surface area contributed by atoms with E-state index in [2.05, 4.69) is 61.2 Å². The number of carbonyl (C=O) groups excluding carboxylic acids is 1. The molecule has 3 aliphatic carbocycles. The lowest BCUT2D eigenvalue weighted by atomic mass is 9.66. The predicted octanol–water partition coefficient (Wildman–Crippen LogP) is 9.36. The van der Waals surface area contributed by atoms with Gasteiger partial charge in [0.2, 0.25) is 5.76 Å². The molecule has 7 aliphatic rings. The van der Waals surface area contributed by atoms with E-state index in [9.17, 15) is 9.90 Å². The fourth-order valence-corrected chi connectivity index (χ4v) is 12.0. The lowest BCUT2D eigenvalue weighted by Gasteiger charge is -2.53. The second-order valence-electron chi connectivity index (χ2n) is 17.2. The molecule has 8 rings (SSSR count). The second-order valence-corrected chi connectivity index (χ2v) is 17.2. The molecule has 1 N–H and O–H groups in total. The Morgan fingerprint density at radius 2 is 1.88 bits per heavy atom. The van der Waals surface area contributed by atoms with Crippen molar-refractivity contribution < 1.29 is 24.1 Å². The van der Waals surface area contributed by atoms with E-state index in [1.54, 1.807) is 14.0 Å². The molecule has 10 atom stereocenters. The maximum absolute atomic E-state index is 12.8. The first-order valence-electron chi connectivity index (χ1n) is 20.7. The van der Waals surface area contributed by atoms with E-state index in [1.807, 2.05) is 0 Å². The third kappa shape index (κ3) is 6.45. The molecule has 2 saturated heterocycles. The minimum Gasteiger partial charge on any atom is -0.492 e. The molecule has 2 saturated carbocycles. The molecule has 0 radical (unpaired) electrons. The molecule has 6 heteroatoms. The molecule has 6 nitrogen and oxygen atoms in total. The summed E-state index contributed by atoms with van der Waals surface area (Å²) in [6.45, 7) is 7.22. The fraction of sp³-hybridized carbons (Fsp3) is 0.667. The number of hydrogen-bond donors (Lipinski definition) is 1. The maximum atomic E-state index is 12.8. The van der Waals surface area contributed by atoms with Crippen LogP contribution in [0.15, 0.2) is 71.1 Å². The number of rotatable bonds is 9. The van der Waals surface area contributed by atoms with Gasteiger partial charge in [-0.1, -0.05) is 88.8 Å². The monoisotopic (exact) mass is 695 g/mol. The lowest BCUT2D eigenvalue weighted by Crippen LogP contribution is -2.61. The van der Waals surface area contributed by atoms with Crippen molar-refractivity contribution in [2.24, 2.45) is 41.4 Å². The summed E-state index contributed by atoms with van der Waals surface area (Å²) in [5, 5.41) is 12.8. The Kier molecular flexibility index (Phi) is 10.3. The van der Waals surface area contributed by atoms with E-state index >= 15 is 0 Å². The molecule has 1 aromatic carbocycles. The molecule has 0 unspecified atom stereocenters. The predicted molar refractivity (Wildman–Crippen MR) is 200 cm³/mol. The number of allylic oxidation sites excluding steroid dienone is 2. The number of cyclic esters (lactones) is 1. The zero-order valence-electron chi connectivity index (χ0n) is 31.5. The Bertz CT molecular complexity index is 1580. The zero-order chi connectivity index (χ0) is 35.2. The van der Waals surface area contributed by atoms with Crippen molar-refractivity contribution in [1.29, 1.82) is 0 Å². The number of unbranched alkanes of at least 4 members (excludes halogenated alkanes) is 2. The highest BCUT2D eigenvalue weighted by molar-refractivity contribution is 5.93. The highest BCUT2D eigenvalue weighted by Gasteiger charge is 2.57. The Labute approximate surface area is 306 Å². The van der Waals surface area contributed by atoms with E-state index in [0.29, 0.717) is 46.5 Å². The summed E-state index contributed by atoms with van der Waals surface area (Å²) in [5.41, 5.74) is 3.47. The Hall–Kier alpha value is -2.83. The molecule has 51 heavy (non-hydrogen) atoms. The molecular formula is C45H61NO5. The van der Waals surface area contributed by atoms with Crippen molar-refractivity contribution >= 4 is 5.97 Å². The summed E-state index contributed by atoms with van der Waals surface area (Å²) >= 11 is 0. The van der Waals surface area contributed by atoms with Crippen LogP contribution in [0.2, 0.25) is 0 Å². The van der Waals surface area contributed by atoms with Crippen molar-refractivity contribution in [2.45, 2.75) is 135 Å². The van der Waals surface area contributed by atoms with Crippen LogP contribution in [0.25, 0.3) is 0 Å². The SMILES string of the molecule is CCCCCc1cccc([C@@H]2CC[C@@H]3[C@@H]2C[C@@H]2[C@H]4C(=CCCN2[C@@H]3[C@@H](O)[C@@H]2C=CC[C@@H](C3CCCC3)C2)OC(=C2OC(=O)C(C)=C2OC)[C@H]4C)c1. The first-order chi connectivity index (χ1) is 24.9. The molecule has 4 heterocycles. The number of piperidine rings is 1. The average Bonchev–Trinajstić information content (AvgIpc) is 3.93. The number of aryl methyl sites for hydroxylation is 1. The highest BCUT2D eigenvalue weighted by atomic mass is 16.6. The Morgan fingerprint density at radius 3 is 2.69 bits per heavy atom. The van der Waals surface area contributed by atoms with E-state index in [-0.39, 0.29) is 35.8 Å². The molecule has 276 valence electrons. The van der Waals surface area contributed by atoms with Gasteiger partial charge in [-0.2, -0.15) is 0 Å². The van der Waals surface area contributed by atoms with Gasteiger partial charge in [-0.15, -0.1) is 0 Å². The van der Waals surface area contributed by atoms with Crippen LogP contribution in [-0.4, -0.2) is 47.8 Å². The standard InChI is InChI=1S/C45H61NO5/c1-5-6-7-13-29-14-10-18-32(24-29)34-21-22-35-36(34)26-37-39-27(2)43(44-42(49-4)28(3)45(48)51-44)50-38(39)20-12-23-46(37)40(35)41(47)33-19-11-17-31(25-33)30-15-8-9-16-30/h10-11,14,18-20,24,27,30-31,33-37,39-41,47H,5-9,12-13,15-17,21-23,25-26H2,1-4H3/t27-,31+,33+,34-,35+,36+,37+,39-,40-,41-/m0/s1. The first-order valence-corrected chi connectivity index (χ1v) is 20.7. The van der Waals surface area contributed by atoms with Gasteiger partial charge < -0.3 is 19.3 Å². The number of ether oxygens (including phenoxy) is 3. The fourth-order valence-electron chi connectivity index (χ4n) is 12.0. The van der Waals surface area contributed by atoms with Gasteiger partial charge in [0.15, 0.2) is 11.5 Å². The summed E-state index contributed by atoms with van der Waals surface area (Å²) in [6.07, 6.45) is 23.7. The van der Waals surface area contributed by atoms with Crippen LogP contribution in [0.4, 0.5) is 0 Å². The summed E-state index contributed by atoms with van der Waals surface area (Å²) in [7, 11) is 1.60. The molecule has 0 amide bonds. The number of carbonyl (C=O) groups is 1. The van der Waals surface area contributed by atoms with E-state index in [4.69, 9.17) is 14.2 Å². The number of aliphatic hydroxyl groups excluding tert-OH is 1. The van der Waals surface area contributed by atoms with Crippen LogP contribution in [0, 0.1) is 41.4 Å². The van der Waals surface area contributed by atoms with E-state index < -0.39 is 6.10 Å². The van der Waals surface area contributed by atoms with Crippen LogP contribution in [0.3, 0.4) is 0 Å². The van der Waals surface area contributed by atoms with Gasteiger partial charge in [0, 0.05) is 36.4 Å². The van der Waals surface area contributed by atoms with Gasteiger partial charge in [-0.25, -0.2) is 4.79 Å². The third-order valence-corrected chi connectivity index (χ3v) is 14.5. The van der Waals surface area contributed by atoms with Gasteiger partial charge in [-0.05, 0) is 105 Å². The van der Waals surface area contributed by atoms with Gasteiger partial charge in [0.25, 0.3) is 0 Å². The minimum atomic E-state index is -0.390. The van der Waals surface area contributed by atoms with Crippen molar-refractivity contribution in [1.82, 2.24) is 4.90 Å². The normalized spacial score (nSPS) is 37.4. The van der Waals surface area contributed by atoms with E-state index in [1.165, 1.54) is 75.3 Å². The Balaban J connectivity index is 1.14. The van der Waals surface area contributed by atoms with Crippen LogP contribution in [0.5, 0.6) is 0 Å². The summed E-state index contributed by atoms with van der Waals surface area (Å²) < 4.78 is 18.3. The molecule has 4 aliphatic heterocycles. The van der Waals surface area contributed by atoms with Crippen LogP contribution in [-0.2, 0) is 25.4 Å². The number of fused-ring (bicyclic) bond motifs is 4. The summed E-state index contributed by atoms with van der Waals surface area (Å²) in [6, 6.07) is 9.88. The van der Waals surface area contributed by atoms with Crippen molar-refractivity contribution in [3.05, 3.63) is 82.2 Å². The van der Waals surface area contributed by atoms with Crippen LogP contribution < -0.4 is 0 Å². The first kappa shape index (κ1) is 35.2. The second kappa shape index (κ2) is 14.9. The molecule has 0 aromatic heterocycles. The molecular weight excluding hydrogens is 634 g/mol. The van der Waals surface area contributed by atoms with Crippen LogP contribution in [0.1, 0.15) is 121 Å². The number of hydrogen-bond acceptors (Lipinski definition) is 6. The average molecular weight is 696 g/mol. The smallest absolute Gasteiger partial charge is 0.343 e. The molecule has 1 aromatic rings. The van der Waals surface area contributed by atoms with Crippen molar-refractivity contribution in [2.75, 3.05) is 13.7 Å². The molecule has 0 bridgehead atoms.